The minimum Gasteiger partial charge on any atom is -0.344 e. The number of nitrogens with two attached hydrogens (primary N) is 1. The van der Waals surface area contributed by atoms with Crippen molar-refractivity contribution >= 4 is 11.6 Å². The Hall–Kier alpha value is -2.74. The van der Waals surface area contributed by atoms with E-state index < -0.39 is 10.5 Å². The number of nitro benzene ring substituents is 1. The van der Waals surface area contributed by atoms with Gasteiger partial charge in [0, 0.05) is 30.4 Å². The highest BCUT2D eigenvalue weighted by atomic mass is 16.6. The number of carbonyl (C=O) groups excluding carboxylic acids is 1. The van der Waals surface area contributed by atoms with Crippen LogP contribution in [0.15, 0.2) is 36.5 Å². The third-order valence-corrected chi connectivity index (χ3v) is 3.09. The van der Waals surface area contributed by atoms with Crippen LogP contribution < -0.4 is 11.1 Å². The molecule has 2 aromatic rings. The quantitative estimate of drug-likeness (QED) is 0.637. The Labute approximate surface area is 127 Å². The second kappa shape index (κ2) is 5.94. The van der Waals surface area contributed by atoms with Crippen LogP contribution in [0.2, 0.25) is 0 Å². The molecule has 0 aliphatic rings. The molecule has 116 valence electrons. The fourth-order valence-corrected chi connectivity index (χ4v) is 1.76. The van der Waals surface area contributed by atoms with E-state index in [1.165, 1.54) is 16.8 Å². The Morgan fingerprint density at radius 2 is 2.18 bits per heavy atom. The van der Waals surface area contributed by atoms with E-state index in [-0.39, 0.29) is 17.3 Å². The van der Waals surface area contributed by atoms with Gasteiger partial charge in [-0.3, -0.25) is 14.9 Å². The Morgan fingerprint density at radius 3 is 2.82 bits per heavy atom. The van der Waals surface area contributed by atoms with Crippen LogP contribution in [-0.2, 0) is 0 Å². The van der Waals surface area contributed by atoms with Gasteiger partial charge < -0.3 is 11.1 Å². The van der Waals surface area contributed by atoms with Crippen molar-refractivity contribution in [3.05, 3.63) is 52.3 Å². The molecule has 22 heavy (non-hydrogen) atoms. The zero-order chi connectivity index (χ0) is 16.3. The van der Waals surface area contributed by atoms with Crippen LogP contribution in [0.4, 0.5) is 5.69 Å². The van der Waals surface area contributed by atoms with Crippen LogP contribution in [0.25, 0.3) is 5.69 Å². The average Bonchev–Trinajstić information content (AvgIpc) is 2.97. The van der Waals surface area contributed by atoms with E-state index in [0.29, 0.717) is 12.2 Å². The maximum atomic E-state index is 12.1. The Kier molecular flexibility index (Phi) is 4.22. The first-order valence-electron chi connectivity index (χ1n) is 6.65. The number of hydrogen-bond donors (Lipinski definition) is 2. The van der Waals surface area contributed by atoms with Gasteiger partial charge in [0.2, 0.25) is 0 Å². The number of nitrogens with zero attached hydrogens (tertiary/aromatic N) is 3. The van der Waals surface area contributed by atoms with Crippen molar-refractivity contribution in [3.8, 4) is 5.69 Å². The van der Waals surface area contributed by atoms with Crippen molar-refractivity contribution in [2.75, 3.05) is 6.54 Å². The predicted molar refractivity (Wildman–Crippen MR) is 80.8 cm³/mol. The molecule has 0 bridgehead atoms. The second-order valence-electron chi connectivity index (χ2n) is 5.46. The summed E-state index contributed by atoms with van der Waals surface area (Å²) in [6.07, 6.45) is 1.57. The van der Waals surface area contributed by atoms with Crippen molar-refractivity contribution in [3.63, 3.8) is 0 Å². The van der Waals surface area contributed by atoms with Crippen LogP contribution in [-0.4, -0.2) is 32.7 Å². The zero-order valence-electron chi connectivity index (χ0n) is 12.3. The molecule has 0 saturated heterocycles. The number of nitro groups is 1. The monoisotopic (exact) mass is 303 g/mol. The van der Waals surface area contributed by atoms with E-state index in [0.717, 1.165) is 0 Å². The van der Waals surface area contributed by atoms with Crippen molar-refractivity contribution in [1.82, 2.24) is 15.1 Å². The number of nitrogens with one attached hydrogen (secondary N) is 1. The van der Waals surface area contributed by atoms with Gasteiger partial charge in [0.05, 0.1) is 10.6 Å². The Balaban J connectivity index is 2.23. The molecule has 0 aliphatic carbocycles. The molecule has 8 nitrogen and oxygen atoms in total. The number of aromatic nitrogens is 2. The molecule has 0 atom stereocenters. The molecule has 3 N–H and O–H groups in total. The fourth-order valence-electron chi connectivity index (χ4n) is 1.76. The summed E-state index contributed by atoms with van der Waals surface area (Å²) >= 11 is 0. The Bertz CT molecular complexity index is 708. The Morgan fingerprint density at radius 1 is 1.45 bits per heavy atom. The smallest absolute Gasteiger partial charge is 0.272 e. The van der Waals surface area contributed by atoms with Gasteiger partial charge in [-0.1, -0.05) is 6.07 Å². The van der Waals surface area contributed by atoms with Gasteiger partial charge >= 0.3 is 0 Å². The fraction of sp³-hybridized carbons (Fsp3) is 0.286. The van der Waals surface area contributed by atoms with Gasteiger partial charge in [0.1, 0.15) is 0 Å². The number of amides is 1. The van der Waals surface area contributed by atoms with Crippen molar-refractivity contribution in [2.45, 2.75) is 19.4 Å². The van der Waals surface area contributed by atoms with Crippen LogP contribution in [0.1, 0.15) is 24.3 Å². The molecule has 1 amide bonds. The third kappa shape index (κ3) is 3.47. The highest BCUT2D eigenvalue weighted by Crippen LogP contribution is 2.16. The van der Waals surface area contributed by atoms with Gasteiger partial charge in [0.25, 0.3) is 11.6 Å². The highest BCUT2D eigenvalue weighted by molar-refractivity contribution is 5.92. The molecule has 0 fully saturated rings. The minimum absolute atomic E-state index is 0.0386. The van der Waals surface area contributed by atoms with Crippen LogP contribution >= 0.6 is 0 Å². The maximum Gasteiger partial charge on any atom is 0.272 e. The summed E-state index contributed by atoms with van der Waals surface area (Å²) in [6, 6.07) is 7.56. The molecule has 1 heterocycles. The summed E-state index contributed by atoms with van der Waals surface area (Å²) in [7, 11) is 0. The van der Waals surface area contributed by atoms with Crippen molar-refractivity contribution in [1.29, 1.82) is 0 Å². The van der Waals surface area contributed by atoms with Gasteiger partial charge in [-0.15, -0.1) is 0 Å². The molecule has 1 aromatic carbocycles. The van der Waals surface area contributed by atoms with Gasteiger partial charge in [0.15, 0.2) is 5.69 Å². The van der Waals surface area contributed by atoms with E-state index in [1.54, 1.807) is 24.4 Å². The topological polar surface area (TPSA) is 116 Å². The average molecular weight is 303 g/mol. The van der Waals surface area contributed by atoms with Crippen LogP contribution in [0.3, 0.4) is 0 Å². The molecule has 0 aliphatic heterocycles. The number of rotatable bonds is 5. The van der Waals surface area contributed by atoms with E-state index in [9.17, 15) is 14.9 Å². The first kappa shape index (κ1) is 15.6. The molecule has 0 unspecified atom stereocenters. The number of carbonyl (C=O) groups is 1. The predicted octanol–water partition coefficient (Wildman–Crippen LogP) is 1.25. The first-order valence-corrected chi connectivity index (χ1v) is 6.65. The van der Waals surface area contributed by atoms with Gasteiger partial charge in [-0.05, 0) is 26.0 Å². The maximum absolute atomic E-state index is 12.1. The van der Waals surface area contributed by atoms with Crippen molar-refractivity contribution in [2.24, 2.45) is 5.73 Å². The molecule has 0 saturated carbocycles. The number of benzene rings is 1. The number of hydrogen-bond acceptors (Lipinski definition) is 5. The molecule has 1 aromatic heterocycles. The summed E-state index contributed by atoms with van der Waals surface area (Å²) in [4.78, 5) is 22.4. The lowest BCUT2D eigenvalue weighted by Crippen LogP contribution is -2.48. The lowest BCUT2D eigenvalue weighted by Gasteiger charge is -2.23. The molecule has 0 radical (unpaired) electrons. The minimum atomic E-state index is -0.535. The SMILES string of the molecule is CC(C)(CN)NC(=O)c1ccn(-c2cccc([N+](=O)[O-])c2)n1. The lowest BCUT2D eigenvalue weighted by atomic mass is 10.1. The first-order chi connectivity index (χ1) is 10.3. The largest absolute Gasteiger partial charge is 0.344 e. The van der Waals surface area contributed by atoms with Gasteiger partial charge in [-0.25, -0.2) is 4.68 Å². The summed E-state index contributed by atoms with van der Waals surface area (Å²) in [6.45, 7) is 3.91. The lowest BCUT2D eigenvalue weighted by molar-refractivity contribution is -0.384. The van der Waals surface area contributed by atoms with Crippen LogP contribution in [0.5, 0.6) is 0 Å². The van der Waals surface area contributed by atoms with E-state index in [1.807, 2.05) is 13.8 Å². The standard InChI is InChI=1S/C14H17N5O3/c1-14(2,9-15)16-13(20)12-6-7-18(17-12)10-4-3-5-11(8-10)19(21)22/h3-8H,9,15H2,1-2H3,(H,16,20). The molecular weight excluding hydrogens is 286 g/mol. The molecule has 8 heteroatoms. The molecule has 2 rings (SSSR count). The van der Waals surface area contributed by atoms with Gasteiger partial charge in [-0.2, -0.15) is 5.10 Å². The summed E-state index contributed by atoms with van der Waals surface area (Å²) < 4.78 is 1.41. The van der Waals surface area contributed by atoms with E-state index in [2.05, 4.69) is 10.4 Å². The van der Waals surface area contributed by atoms with Crippen LogP contribution in [0, 0.1) is 10.1 Å². The summed E-state index contributed by atoms with van der Waals surface area (Å²) in [5.41, 5.74) is 5.72. The summed E-state index contributed by atoms with van der Waals surface area (Å²) in [5.74, 6) is -0.348. The summed E-state index contributed by atoms with van der Waals surface area (Å²) in [5, 5.41) is 17.7. The highest BCUT2D eigenvalue weighted by Gasteiger charge is 2.21. The molecule has 0 spiro atoms. The normalized spacial score (nSPS) is 11.2. The molecular formula is C14H17N5O3. The third-order valence-electron chi connectivity index (χ3n) is 3.09. The zero-order valence-corrected chi connectivity index (χ0v) is 12.3. The van der Waals surface area contributed by atoms with E-state index >= 15 is 0 Å². The number of non-ortho nitro benzene ring substituents is 1. The second-order valence-corrected chi connectivity index (χ2v) is 5.46. The van der Waals surface area contributed by atoms with E-state index in [4.69, 9.17) is 5.73 Å². The van der Waals surface area contributed by atoms with Crippen molar-refractivity contribution < 1.29 is 9.72 Å².